The minimum absolute atomic E-state index is 0.110. The highest BCUT2D eigenvalue weighted by Gasteiger charge is 2.34. The number of hydrogen-bond donors (Lipinski definition) is 0. The first-order valence-electron chi connectivity index (χ1n) is 11.4. The smallest absolute Gasteiger partial charge is 0.328 e. The number of rotatable bonds is 15. The Morgan fingerprint density at radius 2 is 1.57 bits per heavy atom. The molecule has 1 saturated heterocycles. The monoisotopic (exact) mass is 391 g/mol. The second-order valence-corrected chi connectivity index (χ2v) is 7.75. The van der Waals surface area contributed by atoms with Gasteiger partial charge in [0.05, 0.1) is 7.11 Å². The van der Waals surface area contributed by atoms with Crippen LogP contribution in [0.3, 0.4) is 0 Å². The van der Waals surface area contributed by atoms with Crippen LogP contribution >= 0.6 is 0 Å². The molecule has 28 heavy (non-hydrogen) atoms. The Kier molecular flexibility index (Phi) is 14.3. The van der Waals surface area contributed by atoms with Gasteiger partial charge in [0.25, 0.3) is 0 Å². The summed E-state index contributed by atoms with van der Waals surface area (Å²) in [5.74, 6) is -0.163. The SMILES string of the molecule is CCCCC/C=C\C/C=C\CCCCCCCC(=O)N1CCCC1C(=O)OC. The molecule has 1 fully saturated rings. The molecule has 1 atom stereocenters. The number of methoxy groups -OCH3 is 1. The van der Waals surface area contributed by atoms with Crippen LogP contribution in [0.1, 0.15) is 96.8 Å². The van der Waals surface area contributed by atoms with Crippen molar-refractivity contribution in [3.63, 3.8) is 0 Å². The molecule has 0 bridgehead atoms. The summed E-state index contributed by atoms with van der Waals surface area (Å²) in [6.45, 7) is 2.93. The number of nitrogens with zero attached hydrogens (tertiary/aromatic N) is 1. The van der Waals surface area contributed by atoms with Crippen molar-refractivity contribution in [2.24, 2.45) is 0 Å². The summed E-state index contributed by atoms with van der Waals surface area (Å²) in [6, 6.07) is -0.351. The van der Waals surface area contributed by atoms with Crippen LogP contribution in [-0.4, -0.2) is 36.5 Å². The number of amides is 1. The molecular weight excluding hydrogens is 350 g/mol. The summed E-state index contributed by atoms with van der Waals surface area (Å²) in [6.07, 6.45) is 24.3. The van der Waals surface area contributed by atoms with Gasteiger partial charge in [-0.3, -0.25) is 4.79 Å². The zero-order valence-electron chi connectivity index (χ0n) is 18.2. The molecule has 1 amide bonds. The molecule has 4 nitrogen and oxygen atoms in total. The fourth-order valence-electron chi connectivity index (χ4n) is 3.68. The van der Waals surface area contributed by atoms with Gasteiger partial charge >= 0.3 is 5.97 Å². The van der Waals surface area contributed by atoms with E-state index >= 15 is 0 Å². The first-order chi connectivity index (χ1) is 13.7. The van der Waals surface area contributed by atoms with Crippen molar-refractivity contribution in [3.8, 4) is 0 Å². The van der Waals surface area contributed by atoms with Crippen LogP contribution in [0.2, 0.25) is 0 Å². The average molecular weight is 392 g/mol. The number of esters is 1. The van der Waals surface area contributed by atoms with Gasteiger partial charge in [-0.05, 0) is 51.4 Å². The Labute approximate surface area is 172 Å². The maximum absolute atomic E-state index is 12.3. The summed E-state index contributed by atoms with van der Waals surface area (Å²) in [4.78, 5) is 25.7. The molecule has 0 aliphatic carbocycles. The minimum atomic E-state index is -0.351. The standard InChI is InChI=1S/C24H41NO3/c1-3-4-5-6-7-8-9-10-11-12-13-14-15-16-17-20-23(26)25-21-18-19-22(25)24(27)28-2/h7-8,10-11,22H,3-6,9,12-21H2,1-2H3/b8-7-,11-10-. The van der Waals surface area contributed by atoms with E-state index in [9.17, 15) is 9.59 Å². The number of hydrogen-bond acceptors (Lipinski definition) is 3. The van der Waals surface area contributed by atoms with Crippen molar-refractivity contribution in [1.29, 1.82) is 0 Å². The third-order valence-corrected chi connectivity index (χ3v) is 5.39. The predicted octanol–water partition coefficient (Wildman–Crippen LogP) is 5.96. The molecule has 0 aromatic heterocycles. The zero-order chi connectivity index (χ0) is 20.5. The molecule has 0 radical (unpaired) electrons. The summed E-state index contributed by atoms with van der Waals surface area (Å²) >= 11 is 0. The van der Waals surface area contributed by atoms with Gasteiger partial charge in [-0.15, -0.1) is 0 Å². The van der Waals surface area contributed by atoms with Crippen molar-refractivity contribution < 1.29 is 14.3 Å². The largest absolute Gasteiger partial charge is 0.467 e. The number of ether oxygens (including phenoxy) is 1. The number of unbranched alkanes of at least 4 members (excludes halogenated alkanes) is 8. The topological polar surface area (TPSA) is 46.6 Å². The van der Waals surface area contributed by atoms with Crippen LogP contribution < -0.4 is 0 Å². The number of carbonyl (C=O) groups is 2. The lowest BCUT2D eigenvalue weighted by atomic mass is 10.1. The zero-order valence-corrected chi connectivity index (χ0v) is 18.2. The second kappa shape index (κ2) is 16.4. The van der Waals surface area contributed by atoms with E-state index in [1.165, 1.54) is 52.1 Å². The maximum Gasteiger partial charge on any atom is 0.328 e. The molecule has 0 aromatic carbocycles. The molecule has 1 unspecified atom stereocenters. The minimum Gasteiger partial charge on any atom is -0.467 e. The van der Waals surface area contributed by atoms with Crippen LogP contribution in [0.4, 0.5) is 0 Å². The van der Waals surface area contributed by atoms with Crippen molar-refractivity contribution in [2.75, 3.05) is 13.7 Å². The first-order valence-corrected chi connectivity index (χ1v) is 11.4. The summed E-state index contributed by atoms with van der Waals surface area (Å²) < 4.78 is 4.80. The van der Waals surface area contributed by atoms with Crippen LogP contribution in [-0.2, 0) is 14.3 Å². The third kappa shape index (κ3) is 10.7. The molecule has 1 heterocycles. The van der Waals surface area contributed by atoms with Crippen LogP contribution in [0.25, 0.3) is 0 Å². The van der Waals surface area contributed by atoms with Crippen LogP contribution in [0.15, 0.2) is 24.3 Å². The summed E-state index contributed by atoms with van der Waals surface area (Å²) in [7, 11) is 1.39. The molecule has 0 saturated carbocycles. The van der Waals surface area contributed by atoms with E-state index in [1.807, 2.05) is 0 Å². The molecule has 0 N–H and O–H groups in total. The van der Waals surface area contributed by atoms with E-state index in [-0.39, 0.29) is 17.9 Å². The van der Waals surface area contributed by atoms with Gasteiger partial charge in [0.1, 0.15) is 6.04 Å². The highest BCUT2D eigenvalue weighted by molar-refractivity contribution is 5.85. The maximum atomic E-state index is 12.3. The molecule has 1 rings (SSSR count). The van der Waals surface area contributed by atoms with E-state index in [0.717, 1.165) is 38.5 Å². The number of carbonyl (C=O) groups excluding carboxylic acids is 2. The number of likely N-dealkylation sites (tertiary alicyclic amines) is 1. The van der Waals surface area contributed by atoms with Gasteiger partial charge in [0.15, 0.2) is 0 Å². The normalized spacial score (nSPS) is 17.1. The molecule has 0 spiro atoms. The van der Waals surface area contributed by atoms with Gasteiger partial charge in [0.2, 0.25) is 5.91 Å². The van der Waals surface area contributed by atoms with Crippen molar-refractivity contribution in [2.45, 2.75) is 103 Å². The summed E-state index contributed by atoms with van der Waals surface area (Å²) in [5, 5.41) is 0. The molecule has 1 aliphatic rings. The number of allylic oxidation sites excluding steroid dienone is 4. The lowest BCUT2D eigenvalue weighted by Gasteiger charge is -2.22. The van der Waals surface area contributed by atoms with E-state index < -0.39 is 0 Å². The first kappa shape index (κ1) is 24.5. The Morgan fingerprint density at radius 1 is 0.929 bits per heavy atom. The van der Waals surface area contributed by atoms with E-state index in [0.29, 0.717) is 13.0 Å². The van der Waals surface area contributed by atoms with Crippen molar-refractivity contribution in [1.82, 2.24) is 4.90 Å². The predicted molar refractivity (Wildman–Crippen MR) is 116 cm³/mol. The van der Waals surface area contributed by atoms with E-state index in [2.05, 4.69) is 31.2 Å². The van der Waals surface area contributed by atoms with Gasteiger partial charge < -0.3 is 9.64 Å². The Morgan fingerprint density at radius 3 is 2.25 bits per heavy atom. The Balaban J connectivity index is 1.97. The van der Waals surface area contributed by atoms with Crippen LogP contribution in [0.5, 0.6) is 0 Å². The lowest BCUT2D eigenvalue weighted by Crippen LogP contribution is -2.40. The fourth-order valence-corrected chi connectivity index (χ4v) is 3.68. The van der Waals surface area contributed by atoms with Crippen molar-refractivity contribution in [3.05, 3.63) is 24.3 Å². The Bertz CT molecular complexity index is 484. The van der Waals surface area contributed by atoms with Gasteiger partial charge in [-0.25, -0.2) is 4.79 Å². The lowest BCUT2D eigenvalue weighted by molar-refractivity contribution is -0.151. The van der Waals surface area contributed by atoms with E-state index in [4.69, 9.17) is 4.74 Å². The van der Waals surface area contributed by atoms with Gasteiger partial charge in [-0.2, -0.15) is 0 Å². The average Bonchev–Trinajstić information content (AvgIpc) is 3.20. The van der Waals surface area contributed by atoms with E-state index in [1.54, 1.807) is 4.90 Å². The third-order valence-electron chi connectivity index (χ3n) is 5.39. The van der Waals surface area contributed by atoms with Crippen molar-refractivity contribution >= 4 is 11.9 Å². The van der Waals surface area contributed by atoms with Gasteiger partial charge in [0, 0.05) is 13.0 Å². The second-order valence-electron chi connectivity index (χ2n) is 7.75. The molecule has 4 heteroatoms. The highest BCUT2D eigenvalue weighted by atomic mass is 16.5. The fraction of sp³-hybridized carbons (Fsp3) is 0.750. The molecular formula is C24H41NO3. The van der Waals surface area contributed by atoms with Crippen LogP contribution in [0, 0.1) is 0 Å². The molecule has 1 aliphatic heterocycles. The Hall–Kier alpha value is -1.58. The van der Waals surface area contributed by atoms with Gasteiger partial charge in [-0.1, -0.05) is 63.3 Å². The molecule has 0 aromatic rings. The highest BCUT2D eigenvalue weighted by Crippen LogP contribution is 2.20. The molecule has 160 valence electrons. The quantitative estimate of drug-likeness (QED) is 0.196. The summed E-state index contributed by atoms with van der Waals surface area (Å²) in [5.41, 5.74) is 0.